The van der Waals surface area contributed by atoms with Crippen LogP contribution >= 0.6 is 0 Å². The molecule has 6 nitrogen and oxygen atoms in total. The van der Waals surface area contributed by atoms with E-state index in [2.05, 4.69) is 6.07 Å². The maximum Gasteiger partial charge on any atom is 0.243 e. The molecular weight excluding hydrogens is 376 g/mol. The molecule has 0 aromatic heterocycles. The zero-order chi connectivity index (χ0) is 20.6. The molecule has 0 N–H and O–H groups in total. The van der Waals surface area contributed by atoms with Crippen molar-refractivity contribution in [1.29, 1.82) is 5.26 Å². The summed E-state index contributed by atoms with van der Waals surface area (Å²) >= 11 is 0. The predicted octanol–water partition coefficient (Wildman–Crippen LogP) is 3.28. The third kappa shape index (κ3) is 6.06. The molecular formula is C21H26N2O4S. The van der Waals surface area contributed by atoms with Crippen LogP contribution in [0.5, 0.6) is 5.75 Å². The number of hydrogen-bond donors (Lipinski definition) is 0. The third-order valence-electron chi connectivity index (χ3n) is 4.18. The van der Waals surface area contributed by atoms with Crippen molar-refractivity contribution in [3.8, 4) is 11.8 Å². The molecule has 0 aliphatic heterocycles. The Bertz CT molecular complexity index is 898. The van der Waals surface area contributed by atoms with Crippen molar-refractivity contribution in [2.75, 3.05) is 33.4 Å². The third-order valence-corrected chi connectivity index (χ3v) is 6.09. The van der Waals surface area contributed by atoms with Gasteiger partial charge in [-0.1, -0.05) is 6.07 Å². The highest BCUT2D eigenvalue weighted by molar-refractivity contribution is 7.89. The van der Waals surface area contributed by atoms with Gasteiger partial charge in [0.15, 0.2) is 0 Å². The summed E-state index contributed by atoms with van der Waals surface area (Å²) in [5.41, 5.74) is 2.67. The summed E-state index contributed by atoms with van der Waals surface area (Å²) in [6, 6.07) is 13.9. The molecule has 0 saturated carbocycles. The van der Waals surface area contributed by atoms with Crippen molar-refractivity contribution >= 4 is 10.0 Å². The fourth-order valence-corrected chi connectivity index (χ4v) is 4.31. The molecule has 0 bridgehead atoms. The van der Waals surface area contributed by atoms with E-state index in [-0.39, 0.29) is 11.4 Å². The van der Waals surface area contributed by atoms with Crippen molar-refractivity contribution < 1.29 is 17.9 Å². The minimum atomic E-state index is -3.67. The molecule has 2 aromatic carbocycles. The Morgan fingerprint density at radius 2 is 1.64 bits per heavy atom. The number of nitrogens with zero attached hydrogens (tertiary/aromatic N) is 2. The molecule has 0 amide bonds. The average Bonchev–Trinajstić information content (AvgIpc) is 2.66. The van der Waals surface area contributed by atoms with Crippen LogP contribution in [0.4, 0.5) is 0 Å². The second kappa shape index (κ2) is 10.2. The number of ether oxygens (including phenoxy) is 2. The normalized spacial score (nSPS) is 11.4. The number of benzene rings is 2. The Balaban J connectivity index is 2.02. The van der Waals surface area contributed by atoms with Crippen molar-refractivity contribution in [3.05, 3.63) is 59.2 Å². The molecule has 0 heterocycles. The standard InChI is InChI=1S/C21H26N2O4S/c1-17-13-18(2)15-20(14-17)27-11-4-9-23(10-12-26-3)28(24,25)21-7-5-19(16-22)6-8-21/h5-8,13-15H,4,9-12H2,1-3H3. The Morgan fingerprint density at radius 1 is 1.00 bits per heavy atom. The van der Waals surface area contributed by atoms with Gasteiger partial charge in [-0.05, 0) is 67.8 Å². The average molecular weight is 403 g/mol. The van der Waals surface area contributed by atoms with E-state index < -0.39 is 10.0 Å². The van der Waals surface area contributed by atoms with Crippen LogP contribution in [0, 0.1) is 25.2 Å². The quantitative estimate of drug-likeness (QED) is 0.570. The van der Waals surface area contributed by atoms with Crippen LogP contribution in [0.15, 0.2) is 47.4 Å². The zero-order valence-corrected chi connectivity index (χ0v) is 17.3. The van der Waals surface area contributed by atoms with Gasteiger partial charge >= 0.3 is 0 Å². The summed E-state index contributed by atoms with van der Waals surface area (Å²) in [7, 11) is -2.13. The summed E-state index contributed by atoms with van der Waals surface area (Å²) < 4.78 is 38.1. The number of aryl methyl sites for hydroxylation is 2. The molecule has 0 unspecified atom stereocenters. The molecule has 0 atom stereocenters. The summed E-state index contributed by atoms with van der Waals surface area (Å²) in [5.74, 6) is 0.788. The second-order valence-corrected chi connectivity index (χ2v) is 8.50. The van der Waals surface area contributed by atoms with Gasteiger partial charge in [0.25, 0.3) is 0 Å². The van der Waals surface area contributed by atoms with Gasteiger partial charge in [-0.3, -0.25) is 0 Å². The number of sulfonamides is 1. The van der Waals surface area contributed by atoms with E-state index in [1.54, 1.807) is 0 Å². The minimum Gasteiger partial charge on any atom is -0.494 e. The summed E-state index contributed by atoms with van der Waals surface area (Å²) in [4.78, 5) is 0.165. The van der Waals surface area contributed by atoms with Crippen molar-refractivity contribution in [2.24, 2.45) is 0 Å². The lowest BCUT2D eigenvalue weighted by Crippen LogP contribution is -2.35. The first-order chi connectivity index (χ1) is 13.4. The SMILES string of the molecule is COCCN(CCCOc1cc(C)cc(C)c1)S(=O)(=O)c1ccc(C#N)cc1. The molecule has 7 heteroatoms. The monoisotopic (exact) mass is 402 g/mol. The van der Waals surface area contributed by atoms with E-state index in [0.29, 0.717) is 31.7 Å². The van der Waals surface area contributed by atoms with E-state index in [1.165, 1.54) is 35.7 Å². The Morgan fingerprint density at radius 3 is 2.21 bits per heavy atom. The van der Waals surface area contributed by atoms with Gasteiger partial charge in [0.1, 0.15) is 5.75 Å². The van der Waals surface area contributed by atoms with Gasteiger partial charge in [0.2, 0.25) is 10.0 Å². The molecule has 0 aliphatic carbocycles. The van der Waals surface area contributed by atoms with Crippen molar-refractivity contribution in [3.63, 3.8) is 0 Å². The van der Waals surface area contributed by atoms with Gasteiger partial charge in [0, 0.05) is 20.2 Å². The molecule has 150 valence electrons. The summed E-state index contributed by atoms with van der Waals surface area (Å²) in [6.45, 7) is 5.30. The summed E-state index contributed by atoms with van der Waals surface area (Å²) in [6.07, 6.45) is 0.548. The van der Waals surface area contributed by atoms with Gasteiger partial charge in [-0.15, -0.1) is 0 Å². The molecule has 2 aromatic rings. The second-order valence-electron chi connectivity index (χ2n) is 6.56. The first-order valence-electron chi connectivity index (χ1n) is 9.07. The maximum atomic E-state index is 12.9. The van der Waals surface area contributed by atoms with Crippen molar-refractivity contribution in [2.45, 2.75) is 25.2 Å². The smallest absolute Gasteiger partial charge is 0.243 e. The van der Waals surface area contributed by atoms with E-state index in [4.69, 9.17) is 14.7 Å². The predicted molar refractivity (Wildman–Crippen MR) is 108 cm³/mol. The lowest BCUT2D eigenvalue weighted by Gasteiger charge is -2.22. The highest BCUT2D eigenvalue weighted by Crippen LogP contribution is 2.18. The van der Waals surface area contributed by atoms with Gasteiger partial charge in [-0.25, -0.2) is 8.42 Å². The number of rotatable bonds is 10. The van der Waals surface area contributed by atoms with Crippen LogP contribution < -0.4 is 4.74 Å². The summed E-state index contributed by atoms with van der Waals surface area (Å²) in [5, 5.41) is 8.89. The fraction of sp³-hybridized carbons (Fsp3) is 0.381. The lowest BCUT2D eigenvalue weighted by atomic mass is 10.1. The Kier molecular flexibility index (Phi) is 8.00. The number of nitriles is 1. The van der Waals surface area contributed by atoms with Crippen LogP contribution in [0.3, 0.4) is 0 Å². The molecule has 0 aliphatic rings. The van der Waals surface area contributed by atoms with E-state index in [0.717, 1.165) is 16.9 Å². The van der Waals surface area contributed by atoms with E-state index >= 15 is 0 Å². The molecule has 28 heavy (non-hydrogen) atoms. The van der Waals surface area contributed by atoms with Gasteiger partial charge in [0.05, 0.1) is 29.7 Å². The van der Waals surface area contributed by atoms with E-state index in [9.17, 15) is 8.42 Å². The van der Waals surface area contributed by atoms with Gasteiger partial charge < -0.3 is 9.47 Å². The highest BCUT2D eigenvalue weighted by Gasteiger charge is 2.23. The Hall–Kier alpha value is -2.40. The van der Waals surface area contributed by atoms with E-state index in [1.807, 2.05) is 32.0 Å². The van der Waals surface area contributed by atoms with Crippen molar-refractivity contribution in [1.82, 2.24) is 4.31 Å². The fourth-order valence-electron chi connectivity index (χ4n) is 2.84. The maximum absolute atomic E-state index is 12.9. The lowest BCUT2D eigenvalue weighted by molar-refractivity contribution is 0.176. The number of hydrogen-bond acceptors (Lipinski definition) is 5. The minimum absolute atomic E-state index is 0.165. The van der Waals surface area contributed by atoms with Gasteiger partial charge in [-0.2, -0.15) is 9.57 Å². The highest BCUT2D eigenvalue weighted by atomic mass is 32.2. The molecule has 2 rings (SSSR count). The van der Waals surface area contributed by atoms with Crippen LogP contribution in [-0.2, 0) is 14.8 Å². The largest absolute Gasteiger partial charge is 0.494 e. The van der Waals surface area contributed by atoms with Crippen LogP contribution in [0.1, 0.15) is 23.1 Å². The first-order valence-corrected chi connectivity index (χ1v) is 10.5. The topological polar surface area (TPSA) is 79.6 Å². The van der Waals surface area contributed by atoms with Crippen LogP contribution in [-0.4, -0.2) is 46.1 Å². The number of methoxy groups -OCH3 is 1. The molecule has 0 spiro atoms. The molecule has 0 saturated heterocycles. The Labute approximate surface area is 167 Å². The first kappa shape index (κ1) is 21.9. The molecule has 0 radical (unpaired) electrons. The molecule has 0 fully saturated rings. The van der Waals surface area contributed by atoms with Crippen LogP contribution in [0.25, 0.3) is 0 Å². The zero-order valence-electron chi connectivity index (χ0n) is 16.5. The van der Waals surface area contributed by atoms with Crippen LogP contribution in [0.2, 0.25) is 0 Å².